The molecule has 3 heteroatoms. The first-order valence-electron chi connectivity index (χ1n) is 6.57. The molecule has 0 saturated carbocycles. The predicted molar refractivity (Wildman–Crippen MR) is 70.1 cm³/mol. The molecule has 0 aliphatic heterocycles. The van der Waals surface area contributed by atoms with Crippen molar-refractivity contribution < 1.29 is 0 Å². The third-order valence-electron chi connectivity index (χ3n) is 3.22. The number of fused-ring (bicyclic) bond motifs is 1. The Morgan fingerprint density at radius 3 is 3.06 bits per heavy atom. The van der Waals surface area contributed by atoms with Gasteiger partial charge in [-0.1, -0.05) is 20.3 Å². The Bertz CT molecular complexity index is 333. The molecule has 90 valence electrons. The average molecular weight is 238 g/mol. The minimum atomic E-state index is 0.591. The van der Waals surface area contributed by atoms with E-state index in [-0.39, 0.29) is 0 Å². The van der Waals surface area contributed by atoms with E-state index >= 15 is 0 Å². The molecule has 0 fully saturated rings. The van der Waals surface area contributed by atoms with Crippen molar-refractivity contribution in [2.75, 3.05) is 6.54 Å². The minimum Gasteiger partial charge on any atom is -0.309 e. The molecule has 0 spiro atoms. The normalized spacial score (nSPS) is 19.8. The molecule has 1 heterocycles. The summed E-state index contributed by atoms with van der Waals surface area (Å²) in [6.45, 7) is 5.60. The van der Waals surface area contributed by atoms with Crippen LogP contribution in [-0.4, -0.2) is 11.5 Å². The van der Waals surface area contributed by atoms with E-state index in [2.05, 4.69) is 19.2 Å². The molecule has 0 saturated heterocycles. The molecule has 1 aromatic rings. The molecule has 1 aliphatic carbocycles. The Hall–Kier alpha value is -0.410. The monoisotopic (exact) mass is 238 g/mol. The lowest BCUT2D eigenvalue weighted by Crippen LogP contribution is -2.25. The molecule has 0 bridgehead atoms. The Kier molecular flexibility index (Phi) is 4.36. The van der Waals surface area contributed by atoms with Crippen molar-refractivity contribution in [3.05, 3.63) is 15.6 Å². The van der Waals surface area contributed by atoms with Gasteiger partial charge in [0.1, 0.15) is 0 Å². The van der Waals surface area contributed by atoms with Crippen LogP contribution < -0.4 is 5.32 Å². The Morgan fingerprint density at radius 1 is 1.44 bits per heavy atom. The van der Waals surface area contributed by atoms with Gasteiger partial charge in [-0.2, -0.15) is 0 Å². The van der Waals surface area contributed by atoms with E-state index in [1.54, 1.807) is 0 Å². The van der Waals surface area contributed by atoms with Crippen LogP contribution in [0.1, 0.15) is 61.2 Å². The SMILES string of the molecule is CCCCNC1CCCc2nc(CC)sc21. The maximum Gasteiger partial charge on any atom is 0.0928 e. The van der Waals surface area contributed by atoms with Crippen molar-refractivity contribution >= 4 is 11.3 Å². The number of nitrogens with zero attached hydrogens (tertiary/aromatic N) is 1. The van der Waals surface area contributed by atoms with Crippen molar-refractivity contribution in [2.24, 2.45) is 0 Å². The Labute approximate surface area is 102 Å². The summed E-state index contributed by atoms with van der Waals surface area (Å²) >= 11 is 1.93. The summed E-state index contributed by atoms with van der Waals surface area (Å²) in [7, 11) is 0. The van der Waals surface area contributed by atoms with Gasteiger partial charge < -0.3 is 5.32 Å². The zero-order valence-electron chi connectivity index (χ0n) is 10.4. The van der Waals surface area contributed by atoms with E-state index in [0.29, 0.717) is 6.04 Å². The molecule has 0 radical (unpaired) electrons. The highest BCUT2D eigenvalue weighted by atomic mass is 32.1. The van der Waals surface area contributed by atoms with Crippen LogP contribution in [-0.2, 0) is 12.8 Å². The van der Waals surface area contributed by atoms with E-state index in [0.717, 1.165) is 13.0 Å². The highest BCUT2D eigenvalue weighted by Gasteiger charge is 2.23. The standard InChI is InChI=1S/C13H22N2S/c1-3-5-9-14-10-7-6-8-11-13(10)16-12(4-2)15-11/h10,14H,3-9H2,1-2H3. The first-order valence-corrected chi connectivity index (χ1v) is 7.38. The van der Waals surface area contributed by atoms with Gasteiger partial charge in [-0.3, -0.25) is 0 Å². The van der Waals surface area contributed by atoms with Crippen molar-refractivity contribution in [2.45, 2.75) is 58.4 Å². The lowest BCUT2D eigenvalue weighted by atomic mass is 9.98. The summed E-state index contributed by atoms with van der Waals surface area (Å²) in [6.07, 6.45) is 7.42. The summed E-state index contributed by atoms with van der Waals surface area (Å²) in [5.74, 6) is 0. The first-order chi connectivity index (χ1) is 7.85. The fraction of sp³-hybridized carbons (Fsp3) is 0.769. The summed E-state index contributed by atoms with van der Waals surface area (Å²) in [5, 5.41) is 5.00. The highest BCUT2D eigenvalue weighted by molar-refractivity contribution is 7.11. The third-order valence-corrected chi connectivity index (χ3v) is 4.57. The van der Waals surface area contributed by atoms with Crippen LogP contribution in [0.3, 0.4) is 0 Å². The Balaban J connectivity index is 2.03. The van der Waals surface area contributed by atoms with Crippen LogP contribution in [0, 0.1) is 0 Å². The number of aromatic nitrogens is 1. The topological polar surface area (TPSA) is 24.9 Å². The molecule has 1 aromatic heterocycles. The largest absolute Gasteiger partial charge is 0.309 e. The number of aryl methyl sites for hydroxylation is 2. The van der Waals surface area contributed by atoms with Crippen LogP contribution in [0.2, 0.25) is 0 Å². The summed E-state index contributed by atoms with van der Waals surface area (Å²) in [5.41, 5.74) is 1.38. The molecule has 0 amide bonds. The Morgan fingerprint density at radius 2 is 2.31 bits per heavy atom. The van der Waals surface area contributed by atoms with E-state index in [1.807, 2.05) is 11.3 Å². The van der Waals surface area contributed by atoms with Gasteiger partial charge in [-0.15, -0.1) is 11.3 Å². The molecule has 2 rings (SSSR count). The number of rotatable bonds is 5. The number of unbranched alkanes of at least 4 members (excludes halogenated alkanes) is 1. The van der Waals surface area contributed by atoms with Crippen molar-refractivity contribution in [1.82, 2.24) is 10.3 Å². The summed E-state index contributed by atoms with van der Waals surface area (Å²) in [4.78, 5) is 6.25. The second-order valence-corrected chi connectivity index (χ2v) is 5.64. The second kappa shape index (κ2) is 5.78. The fourth-order valence-electron chi connectivity index (χ4n) is 2.27. The zero-order valence-corrected chi connectivity index (χ0v) is 11.2. The van der Waals surface area contributed by atoms with E-state index < -0.39 is 0 Å². The van der Waals surface area contributed by atoms with Crippen LogP contribution in [0.25, 0.3) is 0 Å². The second-order valence-electron chi connectivity index (χ2n) is 4.52. The van der Waals surface area contributed by atoms with Crippen molar-refractivity contribution in [3.63, 3.8) is 0 Å². The zero-order chi connectivity index (χ0) is 11.4. The quantitative estimate of drug-likeness (QED) is 0.795. The third kappa shape index (κ3) is 2.64. The molecule has 2 nitrogen and oxygen atoms in total. The van der Waals surface area contributed by atoms with E-state index in [4.69, 9.17) is 4.98 Å². The predicted octanol–water partition coefficient (Wildman–Crippen LogP) is 3.47. The molecule has 0 aromatic carbocycles. The number of thiazole rings is 1. The first kappa shape index (κ1) is 12.1. The van der Waals surface area contributed by atoms with Crippen molar-refractivity contribution in [1.29, 1.82) is 0 Å². The fourth-order valence-corrected chi connectivity index (χ4v) is 3.43. The number of hydrogen-bond acceptors (Lipinski definition) is 3. The van der Waals surface area contributed by atoms with Gasteiger partial charge >= 0.3 is 0 Å². The van der Waals surface area contributed by atoms with Gasteiger partial charge in [0.2, 0.25) is 0 Å². The van der Waals surface area contributed by atoms with Crippen LogP contribution in [0.5, 0.6) is 0 Å². The minimum absolute atomic E-state index is 0.591. The number of nitrogens with one attached hydrogen (secondary N) is 1. The lowest BCUT2D eigenvalue weighted by Gasteiger charge is -2.22. The van der Waals surface area contributed by atoms with Gasteiger partial charge in [-0.25, -0.2) is 4.98 Å². The van der Waals surface area contributed by atoms with Gasteiger partial charge in [0.05, 0.1) is 10.7 Å². The maximum atomic E-state index is 4.73. The van der Waals surface area contributed by atoms with Gasteiger partial charge in [0.15, 0.2) is 0 Å². The van der Waals surface area contributed by atoms with Crippen LogP contribution in [0.15, 0.2) is 0 Å². The highest BCUT2D eigenvalue weighted by Crippen LogP contribution is 2.34. The van der Waals surface area contributed by atoms with Crippen molar-refractivity contribution in [3.8, 4) is 0 Å². The summed E-state index contributed by atoms with van der Waals surface area (Å²) in [6, 6.07) is 0.591. The molecule has 1 N–H and O–H groups in total. The van der Waals surface area contributed by atoms with Gasteiger partial charge in [-0.05, 0) is 38.6 Å². The van der Waals surface area contributed by atoms with Gasteiger partial charge in [0, 0.05) is 10.9 Å². The number of hydrogen-bond donors (Lipinski definition) is 1. The van der Waals surface area contributed by atoms with Gasteiger partial charge in [0.25, 0.3) is 0 Å². The average Bonchev–Trinajstić information content (AvgIpc) is 2.73. The molecule has 1 unspecified atom stereocenters. The van der Waals surface area contributed by atoms with E-state index in [9.17, 15) is 0 Å². The lowest BCUT2D eigenvalue weighted by molar-refractivity contribution is 0.458. The smallest absolute Gasteiger partial charge is 0.0928 e. The summed E-state index contributed by atoms with van der Waals surface area (Å²) < 4.78 is 0. The van der Waals surface area contributed by atoms with Crippen LogP contribution in [0.4, 0.5) is 0 Å². The molecule has 1 atom stereocenters. The van der Waals surface area contributed by atoms with E-state index in [1.165, 1.54) is 47.7 Å². The van der Waals surface area contributed by atoms with Crippen LogP contribution >= 0.6 is 11.3 Å². The molecule has 1 aliphatic rings. The molecular formula is C13H22N2S. The molecular weight excluding hydrogens is 216 g/mol. The molecule has 16 heavy (non-hydrogen) atoms. The maximum absolute atomic E-state index is 4.73.